The molecule has 0 bridgehead atoms. The maximum atomic E-state index is 10.4. The predicted octanol–water partition coefficient (Wildman–Crippen LogP) is 3.38. The summed E-state index contributed by atoms with van der Waals surface area (Å²) in [5.41, 5.74) is -0.00965. The normalized spacial score (nSPS) is 11.1. The Morgan fingerprint density at radius 1 is 1.50 bits per heavy atom. The summed E-state index contributed by atoms with van der Waals surface area (Å²) in [6.45, 7) is 3.42. The van der Waals surface area contributed by atoms with Crippen molar-refractivity contribution in [3.8, 4) is 0 Å². The number of halogens is 1. The average Bonchev–Trinajstić information content (AvgIpc) is 2.01. The summed E-state index contributed by atoms with van der Waals surface area (Å²) in [4.78, 5) is 10.4. The number of carboxylic acid groups (broad SMARTS) is 1. The largest absolute Gasteiger partial charge is 0.506 e. The van der Waals surface area contributed by atoms with Crippen LogP contribution in [0.3, 0.4) is 0 Å². The van der Waals surface area contributed by atoms with E-state index in [0.717, 1.165) is 10.0 Å². The van der Waals surface area contributed by atoms with Crippen LogP contribution in [0.2, 0.25) is 0 Å². The zero-order valence-electron chi connectivity index (χ0n) is 7.95. The van der Waals surface area contributed by atoms with Crippen LogP contribution in [-0.4, -0.2) is 11.3 Å². The number of hydrogen-bond donors (Lipinski definition) is 1. The molecule has 1 rings (SSSR count). The molecule has 4 heteroatoms. The molecular formula is C10H11BrO3. The first-order chi connectivity index (χ1) is 6.42. The van der Waals surface area contributed by atoms with Crippen molar-refractivity contribution in [3.05, 3.63) is 34.3 Å². The molecule has 0 aliphatic carbocycles. The summed E-state index contributed by atoms with van der Waals surface area (Å²) in [6.07, 6.45) is -1.27. The summed E-state index contributed by atoms with van der Waals surface area (Å²) in [5, 5.41) is 8.55. The Bertz CT molecular complexity index is 347. The molecular weight excluding hydrogens is 248 g/mol. The van der Waals surface area contributed by atoms with Gasteiger partial charge in [-0.25, -0.2) is 4.79 Å². The molecule has 0 radical (unpaired) electrons. The van der Waals surface area contributed by atoms with Gasteiger partial charge < -0.3 is 9.84 Å². The van der Waals surface area contributed by atoms with E-state index in [9.17, 15) is 4.79 Å². The molecule has 0 atom stereocenters. The standard InChI is InChI=1S/C10H11BrO3/c1-10(2,14-9(12)13)7-4-3-5-8(11)6-7/h3-6H,1-2H3,(H,12,13). The van der Waals surface area contributed by atoms with Crippen LogP contribution in [0.4, 0.5) is 4.79 Å². The van der Waals surface area contributed by atoms with E-state index in [4.69, 9.17) is 9.84 Å². The van der Waals surface area contributed by atoms with E-state index < -0.39 is 11.8 Å². The summed E-state index contributed by atoms with van der Waals surface area (Å²) in [6, 6.07) is 7.38. The Balaban J connectivity index is 2.97. The molecule has 0 unspecified atom stereocenters. The molecule has 0 aliphatic rings. The van der Waals surface area contributed by atoms with Crippen LogP contribution >= 0.6 is 15.9 Å². The Morgan fingerprint density at radius 2 is 2.14 bits per heavy atom. The van der Waals surface area contributed by atoms with E-state index >= 15 is 0 Å². The van der Waals surface area contributed by atoms with Crippen LogP contribution in [0.15, 0.2) is 28.7 Å². The van der Waals surface area contributed by atoms with E-state index in [2.05, 4.69) is 15.9 Å². The number of carbonyl (C=O) groups is 1. The number of rotatable bonds is 2. The van der Waals surface area contributed by atoms with Crippen molar-refractivity contribution >= 4 is 22.1 Å². The first kappa shape index (κ1) is 11.0. The van der Waals surface area contributed by atoms with E-state index in [1.54, 1.807) is 13.8 Å². The number of benzene rings is 1. The van der Waals surface area contributed by atoms with Crippen molar-refractivity contribution in [3.63, 3.8) is 0 Å². The van der Waals surface area contributed by atoms with Gasteiger partial charge in [0.25, 0.3) is 0 Å². The number of hydrogen-bond acceptors (Lipinski definition) is 2. The van der Waals surface area contributed by atoms with Crippen molar-refractivity contribution in [2.24, 2.45) is 0 Å². The van der Waals surface area contributed by atoms with Gasteiger partial charge in [0.2, 0.25) is 0 Å². The second kappa shape index (κ2) is 4.00. The minimum atomic E-state index is -1.27. The quantitative estimate of drug-likeness (QED) is 0.828. The van der Waals surface area contributed by atoms with Crippen LogP contribution in [0.25, 0.3) is 0 Å². The lowest BCUT2D eigenvalue weighted by Crippen LogP contribution is -2.24. The Morgan fingerprint density at radius 3 is 2.64 bits per heavy atom. The third-order valence-corrected chi connectivity index (χ3v) is 2.36. The fourth-order valence-electron chi connectivity index (χ4n) is 1.14. The lowest BCUT2D eigenvalue weighted by atomic mass is 9.98. The molecule has 0 amide bonds. The van der Waals surface area contributed by atoms with Gasteiger partial charge in [-0.1, -0.05) is 28.1 Å². The van der Waals surface area contributed by atoms with Gasteiger partial charge in [-0.05, 0) is 31.5 Å². The molecule has 76 valence electrons. The third kappa shape index (κ3) is 2.73. The first-order valence-corrected chi connectivity index (χ1v) is 4.89. The fourth-order valence-corrected chi connectivity index (χ4v) is 1.54. The van der Waals surface area contributed by atoms with Gasteiger partial charge in [0.1, 0.15) is 5.60 Å². The molecule has 1 N–H and O–H groups in total. The van der Waals surface area contributed by atoms with Gasteiger partial charge >= 0.3 is 6.16 Å². The Hall–Kier alpha value is -1.03. The molecule has 1 aromatic carbocycles. The highest BCUT2D eigenvalue weighted by Crippen LogP contribution is 2.26. The average molecular weight is 259 g/mol. The summed E-state index contributed by atoms with van der Waals surface area (Å²) < 4.78 is 5.67. The zero-order chi connectivity index (χ0) is 10.8. The maximum absolute atomic E-state index is 10.4. The zero-order valence-corrected chi connectivity index (χ0v) is 9.54. The van der Waals surface area contributed by atoms with Crippen LogP contribution in [0.5, 0.6) is 0 Å². The molecule has 0 aliphatic heterocycles. The molecule has 0 saturated heterocycles. The number of ether oxygens (including phenoxy) is 1. The molecule has 0 spiro atoms. The fraction of sp³-hybridized carbons (Fsp3) is 0.300. The third-order valence-electron chi connectivity index (χ3n) is 1.86. The van der Waals surface area contributed by atoms with Gasteiger partial charge in [0.05, 0.1) is 0 Å². The van der Waals surface area contributed by atoms with Gasteiger partial charge in [-0.3, -0.25) is 0 Å². The van der Waals surface area contributed by atoms with Gasteiger partial charge in [-0.2, -0.15) is 0 Å². The van der Waals surface area contributed by atoms with Crippen molar-refractivity contribution in [1.29, 1.82) is 0 Å². The van der Waals surface area contributed by atoms with Crippen molar-refractivity contribution in [2.75, 3.05) is 0 Å². The van der Waals surface area contributed by atoms with Gasteiger partial charge in [0.15, 0.2) is 0 Å². The second-order valence-electron chi connectivity index (χ2n) is 3.39. The van der Waals surface area contributed by atoms with Gasteiger partial charge in [-0.15, -0.1) is 0 Å². The molecule has 0 fully saturated rings. The highest BCUT2D eigenvalue weighted by molar-refractivity contribution is 9.10. The smallest absolute Gasteiger partial charge is 0.450 e. The summed E-state index contributed by atoms with van der Waals surface area (Å²) >= 11 is 3.32. The van der Waals surface area contributed by atoms with Crippen molar-refractivity contribution < 1.29 is 14.6 Å². The van der Waals surface area contributed by atoms with Crippen LogP contribution in [0, 0.1) is 0 Å². The highest BCUT2D eigenvalue weighted by Gasteiger charge is 2.25. The SMILES string of the molecule is CC(C)(OC(=O)O)c1cccc(Br)c1. The minimum Gasteiger partial charge on any atom is -0.450 e. The van der Waals surface area contributed by atoms with E-state index in [1.807, 2.05) is 24.3 Å². The van der Waals surface area contributed by atoms with Gasteiger partial charge in [0, 0.05) is 4.47 Å². The highest BCUT2D eigenvalue weighted by atomic mass is 79.9. The Labute approximate surface area is 90.8 Å². The minimum absolute atomic E-state index is 0.814. The molecule has 14 heavy (non-hydrogen) atoms. The summed E-state index contributed by atoms with van der Waals surface area (Å²) in [7, 11) is 0. The van der Waals surface area contributed by atoms with E-state index in [0.29, 0.717) is 0 Å². The topological polar surface area (TPSA) is 46.5 Å². The van der Waals surface area contributed by atoms with E-state index in [1.165, 1.54) is 0 Å². The van der Waals surface area contributed by atoms with Crippen molar-refractivity contribution in [1.82, 2.24) is 0 Å². The molecule has 3 nitrogen and oxygen atoms in total. The van der Waals surface area contributed by atoms with Crippen LogP contribution in [0.1, 0.15) is 19.4 Å². The monoisotopic (exact) mass is 258 g/mol. The predicted molar refractivity (Wildman–Crippen MR) is 56.3 cm³/mol. The lowest BCUT2D eigenvalue weighted by Gasteiger charge is -2.23. The maximum Gasteiger partial charge on any atom is 0.506 e. The molecule has 0 heterocycles. The molecule has 0 saturated carbocycles. The Kier molecular flexibility index (Phi) is 3.16. The van der Waals surface area contributed by atoms with E-state index in [-0.39, 0.29) is 0 Å². The first-order valence-electron chi connectivity index (χ1n) is 4.10. The van der Waals surface area contributed by atoms with Crippen LogP contribution in [-0.2, 0) is 10.3 Å². The lowest BCUT2D eigenvalue weighted by molar-refractivity contribution is 0.000996. The van der Waals surface area contributed by atoms with Crippen molar-refractivity contribution in [2.45, 2.75) is 19.4 Å². The van der Waals surface area contributed by atoms with Crippen LogP contribution < -0.4 is 0 Å². The second-order valence-corrected chi connectivity index (χ2v) is 4.30. The molecule has 0 aromatic heterocycles. The summed E-state index contributed by atoms with van der Waals surface area (Å²) in [5.74, 6) is 0. The molecule has 1 aromatic rings.